The van der Waals surface area contributed by atoms with Crippen LogP contribution in [0.25, 0.3) is 0 Å². The smallest absolute Gasteiger partial charge is 0.103 e. The van der Waals surface area contributed by atoms with Crippen LogP contribution in [0.3, 0.4) is 0 Å². The van der Waals surface area contributed by atoms with Gasteiger partial charge in [0.15, 0.2) is 0 Å². The molecule has 0 saturated carbocycles. The maximum atomic E-state index is 9.88. The van der Waals surface area contributed by atoms with Gasteiger partial charge in [0.05, 0.1) is 6.20 Å². The van der Waals surface area contributed by atoms with Crippen LogP contribution in [0, 0.1) is 4.91 Å². The molecule has 1 heterocycles. The Morgan fingerprint density at radius 3 is 2.89 bits per heavy atom. The van der Waals surface area contributed by atoms with Gasteiger partial charge in [-0.1, -0.05) is 0 Å². The molecule has 0 fully saturated rings. The molecule has 0 saturated heterocycles. The summed E-state index contributed by atoms with van der Waals surface area (Å²) in [7, 11) is 0. The van der Waals surface area contributed by atoms with E-state index in [1.165, 1.54) is 6.20 Å². The zero-order valence-electron chi connectivity index (χ0n) is 5.29. The van der Waals surface area contributed by atoms with Gasteiger partial charge in [-0.05, 0) is 24.9 Å². The molecule has 0 aromatic carbocycles. The molecule has 0 aliphatic carbocycles. The molecule has 0 aromatic heterocycles. The third kappa shape index (κ3) is 1.45. The molecule has 9 heavy (non-hydrogen) atoms. The number of nitrogens with zero attached hydrogens (tertiary/aromatic N) is 2. The largest absolute Gasteiger partial charge is 0.264 e. The average molecular weight is 124 g/mol. The number of hydrogen-bond donors (Lipinski definition) is 0. The van der Waals surface area contributed by atoms with E-state index < -0.39 is 0 Å². The fourth-order valence-corrected chi connectivity index (χ4v) is 0.692. The van der Waals surface area contributed by atoms with Crippen molar-refractivity contribution < 1.29 is 0 Å². The van der Waals surface area contributed by atoms with Crippen LogP contribution < -0.4 is 0 Å². The monoisotopic (exact) mass is 124 g/mol. The van der Waals surface area contributed by atoms with Crippen LogP contribution in [0.15, 0.2) is 22.1 Å². The van der Waals surface area contributed by atoms with E-state index in [0.717, 1.165) is 18.6 Å². The molecule has 0 aromatic rings. The van der Waals surface area contributed by atoms with Crippen molar-refractivity contribution in [3.63, 3.8) is 0 Å². The summed E-state index contributed by atoms with van der Waals surface area (Å²) in [5.41, 5.74) is 1.63. The molecule has 0 atom stereocenters. The van der Waals surface area contributed by atoms with Crippen LogP contribution in [0.1, 0.15) is 19.8 Å². The van der Waals surface area contributed by atoms with Crippen LogP contribution >= 0.6 is 0 Å². The first-order valence-corrected chi connectivity index (χ1v) is 2.88. The highest BCUT2D eigenvalue weighted by molar-refractivity contribution is 5.83. The van der Waals surface area contributed by atoms with Gasteiger partial charge in [-0.2, -0.15) is 0 Å². The van der Waals surface area contributed by atoms with E-state index in [0.29, 0.717) is 5.70 Å². The highest BCUT2D eigenvalue weighted by atomic mass is 16.3. The van der Waals surface area contributed by atoms with E-state index >= 15 is 0 Å². The lowest BCUT2D eigenvalue weighted by atomic mass is 10.1. The summed E-state index contributed by atoms with van der Waals surface area (Å²) in [5.74, 6) is 0. The van der Waals surface area contributed by atoms with Gasteiger partial charge < -0.3 is 0 Å². The third-order valence-corrected chi connectivity index (χ3v) is 1.29. The molecule has 0 amide bonds. The summed E-state index contributed by atoms with van der Waals surface area (Å²) in [4.78, 5) is 13.8. The number of aliphatic imine (C=N–C) groups is 1. The quantitative estimate of drug-likeness (QED) is 0.492. The number of allylic oxidation sites excluding steroid dienone is 1. The number of nitroso groups, excluding NO2 is 1. The predicted octanol–water partition coefficient (Wildman–Crippen LogP) is 1.85. The summed E-state index contributed by atoms with van der Waals surface area (Å²) in [6.07, 6.45) is 3.16. The van der Waals surface area contributed by atoms with Crippen molar-refractivity contribution in [2.75, 3.05) is 0 Å². The normalized spacial score (nSPS) is 18.3. The second-order valence-corrected chi connectivity index (χ2v) is 2.08. The molecule has 1 aliphatic heterocycles. The minimum Gasteiger partial charge on any atom is -0.264 e. The minimum absolute atomic E-state index is 0.556. The maximum absolute atomic E-state index is 9.88. The lowest BCUT2D eigenvalue weighted by Crippen LogP contribution is -1.96. The Bertz CT molecular complexity index is 181. The summed E-state index contributed by atoms with van der Waals surface area (Å²) >= 11 is 0. The zero-order valence-corrected chi connectivity index (χ0v) is 5.29. The molecule has 0 spiro atoms. The second-order valence-electron chi connectivity index (χ2n) is 2.08. The van der Waals surface area contributed by atoms with Gasteiger partial charge in [0, 0.05) is 5.71 Å². The molecule has 1 rings (SSSR count). The van der Waals surface area contributed by atoms with E-state index in [2.05, 4.69) is 10.2 Å². The van der Waals surface area contributed by atoms with Gasteiger partial charge in [0.1, 0.15) is 5.70 Å². The number of hydrogen-bond acceptors (Lipinski definition) is 3. The standard InChI is InChI=1S/C6H8N2O/c1-5-2-3-6(8-9)4-7-5/h4H,2-3H2,1H3. The van der Waals surface area contributed by atoms with E-state index in [4.69, 9.17) is 0 Å². The lowest BCUT2D eigenvalue weighted by Gasteiger charge is -2.02. The maximum Gasteiger partial charge on any atom is 0.103 e. The molecule has 3 heteroatoms. The van der Waals surface area contributed by atoms with Crippen LogP contribution in [-0.2, 0) is 0 Å². The molecule has 3 nitrogen and oxygen atoms in total. The van der Waals surface area contributed by atoms with Crippen molar-refractivity contribution in [2.24, 2.45) is 10.2 Å². The first-order valence-electron chi connectivity index (χ1n) is 2.88. The Morgan fingerprint density at radius 1 is 1.67 bits per heavy atom. The van der Waals surface area contributed by atoms with Gasteiger partial charge in [-0.15, -0.1) is 4.91 Å². The summed E-state index contributed by atoms with van der Waals surface area (Å²) in [5, 5.41) is 2.79. The molecular formula is C6H8N2O. The van der Waals surface area contributed by atoms with E-state index in [1.807, 2.05) is 6.92 Å². The van der Waals surface area contributed by atoms with Crippen LogP contribution in [-0.4, -0.2) is 5.71 Å². The van der Waals surface area contributed by atoms with Gasteiger partial charge >= 0.3 is 0 Å². The van der Waals surface area contributed by atoms with Crippen LogP contribution in [0.2, 0.25) is 0 Å². The lowest BCUT2D eigenvalue weighted by molar-refractivity contribution is 0.949. The molecule has 1 aliphatic rings. The van der Waals surface area contributed by atoms with Crippen LogP contribution in [0.4, 0.5) is 0 Å². The topological polar surface area (TPSA) is 41.8 Å². The highest BCUT2D eigenvalue weighted by Gasteiger charge is 2.02. The summed E-state index contributed by atoms with van der Waals surface area (Å²) in [6, 6.07) is 0. The molecule has 0 radical (unpaired) electrons. The summed E-state index contributed by atoms with van der Waals surface area (Å²) in [6.45, 7) is 1.94. The average Bonchev–Trinajstić information content (AvgIpc) is 1.90. The first-order chi connectivity index (χ1) is 4.33. The Balaban J connectivity index is 2.69. The third-order valence-electron chi connectivity index (χ3n) is 1.29. The van der Waals surface area contributed by atoms with Crippen molar-refractivity contribution >= 4 is 5.71 Å². The second kappa shape index (κ2) is 2.53. The predicted molar refractivity (Wildman–Crippen MR) is 36.2 cm³/mol. The van der Waals surface area contributed by atoms with Crippen molar-refractivity contribution in [1.82, 2.24) is 0 Å². The summed E-state index contributed by atoms with van der Waals surface area (Å²) < 4.78 is 0. The van der Waals surface area contributed by atoms with Crippen molar-refractivity contribution in [2.45, 2.75) is 19.8 Å². The fourth-order valence-electron chi connectivity index (χ4n) is 0.692. The minimum atomic E-state index is 0.556. The molecule has 0 N–H and O–H groups in total. The fraction of sp³-hybridized carbons (Fsp3) is 0.500. The molecule has 0 unspecified atom stereocenters. The SMILES string of the molecule is CC1=NC=C(N=O)CC1. The van der Waals surface area contributed by atoms with E-state index in [9.17, 15) is 4.91 Å². The Hall–Kier alpha value is -0.990. The van der Waals surface area contributed by atoms with Gasteiger partial charge in [0.2, 0.25) is 0 Å². The van der Waals surface area contributed by atoms with Gasteiger partial charge in [-0.3, -0.25) is 4.99 Å². The van der Waals surface area contributed by atoms with Crippen LogP contribution in [0.5, 0.6) is 0 Å². The molecule has 48 valence electrons. The Labute approximate surface area is 53.5 Å². The van der Waals surface area contributed by atoms with Crippen molar-refractivity contribution in [3.8, 4) is 0 Å². The van der Waals surface area contributed by atoms with Gasteiger partial charge in [0.25, 0.3) is 0 Å². The Kier molecular flexibility index (Phi) is 1.72. The van der Waals surface area contributed by atoms with Gasteiger partial charge in [-0.25, -0.2) is 0 Å². The highest BCUT2D eigenvalue weighted by Crippen LogP contribution is 2.12. The first kappa shape index (κ1) is 6.13. The Morgan fingerprint density at radius 2 is 2.44 bits per heavy atom. The molecular weight excluding hydrogens is 116 g/mol. The number of rotatable bonds is 1. The molecule has 0 bridgehead atoms. The van der Waals surface area contributed by atoms with E-state index in [-0.39, 0.29) is 0 Å². The van der Waals surface area contributed by atoms with E-state index in [1.54, 1.807) is 0 Å². The van der Waals surface area contributed by atoms with Crippen molar-refractivity contribution in [3.05, 3.63) is 16.8 Å². The van der Waals surface area contributed by atoms with Crippen molar-refractivity contribution in [1.29, 1.82) is 0 Å². The zero-order chi connectivity index (χ0) is 6.69.